The van der Waals surface area contributed by atoms with Gasteiger partial charge in [0.2, 0.25) is 0 Å². The molecule has 1 aliphatic rings. The fraction of sp³-hybridized carbons (Fsp3) is 0.375. The van der Waals surface area contributed by atoms with Crippen LogP contribution in [0.25, 0.3) is 5.70 Å². The highest BCUT2D eigenvalue weighted by atomic mass is 32.2. The maximum absolute atomic E-state index is 9.39. The summed E-state index contributed by atoms with van der Waals surface area (Å²) in [7, 11) is 0. The van der Waals surface area contributed by atoms with E-state index in [4.69, 9.17) is 20.6 Å². The van der Waals surface area contributed by atoms with Crippen molar-refractivity contribution >= 4 is 22.6 Å². The lowest BCUT2D eigenvalue weighted by Gasteiger charge is -2.24. The molecule has 23 heavy (non-hydrogen) atoms. The number of nitriles is 1. The van der Waals surface area contributed by atoms with Gasteiger partial charge in [-0.2, -0.15) is 5.26 Å². The molecule has 0 amide bonds. The molecule has 1 heterocycles. The van der Waals surface area contributed by atoms with Gasteiger partial charge in [-0.25, -0.2) is 0 Å². The summed E-state index contributed by atoms with van der Waals surface area (Å²) in [4.78, 5) is 0.380. The standard InChI is InChI=1S/C16H20N4O2S/c1-3-21-12-7-10-5-6-20-15(14(9-17)23-16(18)19)11(10)8-13(12)22-4-2/h7-8,20H,3-6H2,1-2H3,(H3,18,19). The molecule has 0 radical (unpaired) electrons. The van der Waals surface area contributed by atoms with Crippen molar-refractivity contribution in [3.63, 3.8) is 0 Å². The van der Waals surface area contributed by atoms with Gasteiger partial charge < -0.3 is 20.5 Å². The Morgan fingerprint density at radius 3 is 2.57 bits per heavy atom. The average molecular weight is 332 g/mol. The minimum Gasteiger partial charge on any atom is -0.490 e. The number of hydrogen-bond donors (Lipinski definition) is 3. The summed E-state index contributed by atoms with van der Waals surface area (Å²) in [5.74, 6) is 1.37. The molecule has 2 rings (SSSR count). The lowest BCUT2D eigenvalue weighted by atomic mass is 9.97. The predicted octanol–water partition coefficient (Wildman–Crippen LogP) is 2.45. The van der Waals surface area contributed by atoms with E-state index in [9.17, 15) is 5.26 Å². The second-order valence-electron chi connectivity index (χ2n) is 4.78. The van der Waals surface area contributed by atoms with Gasteiger partial charge in [0, 0.05) is 12.1 Å². The molecule has 0 aromatic heterocycles. The number of nitrogens with zero attached hydrogens (tertiary/aromatic N) is 1. The lowest BCUT2D eigenvalue weighted by molar-refractivity contribution is 0.287. The third kappa shape index (κ3) is 3.90. The molecule has 0 saturated heterocycles. The van der Waals surface area contributed by atoms with Gasteiger partial charge in [-0.05, 0) is 49.7 Å². The molecular formula is C16H20N4O2S. The number of amidine groups is 1. The number of nitrogens with one attached hydrogen (secondary N) is 2. The van der Waals surface area contributed by atoms with Gasteiger partial charge in [0.05, 0.1) is 18.9 Å². The zero-order valence-corrected chi connectivity index (χ0v) is 14.0. The van der Waals surface area contributed by atoms with Crippen LogP contribution in [0.1, 0.15) is 25.0 Å². The Kier molecular flexibility index (Phi) is 5.77. The normalized spacial score (nSPS) is 15.0. The van der Waals surface area contributed by atoms with Gasteiger partial charge in [-0.15, -0.1) is 0 Å². The van der Waals surface area contributed by atoms with Crippen molar-refractivity contribution in [1.29, 1.82) is 10.7 Å². The zero-order chi connectivity index (χ0) is 16.8. The monoisotopic (exact) mass is 332 g/mol. The lowest BCUT2D eigenvalue weighted by Crippen LogP contribution is -2.24. The Labute approximate surface area is 140 Å². The van der Waals surface area contributed by atoms with Crippen LogP contribution < -0.4 is 20.5 Å². The van der Waals surface area contributed by atoms with E-state index in [1.807, 2.05) is 26.0 Å². The maximum atomic E-state index is 9.39. The van der Waals surface area contributed by atoms with E-state index in [-0.39, 0.29) is 5.17 Å². The summed E-state index contributed by atoms with van der Waals surface area (Å²) in [5, 5.41) is 19.9. The molecule has 4 N–H and O–H groups in total. The van der Waals surface area contributed by atoms with Crippen molar-refractivity contribution in [2.45, 2.75) is 20.3 Å². The molecule has 1 aromatic carbocycles. The van der Waals surface area contributed by atoms with E-state index < -0.39 is 0 Å². The first kappa shape index (κ1) is 17.0. The van der Waals surface area contributed by atoms with Crippen LogP contribution in [-0.4, -0.2) is 24.9 Å². The SMILES string of the molecule is CCOc1cc2c(cc1OCC)C(=C(C#N)SC(=N)N)NCC2. The largest absolute Gasteiger partial charge is 0.490 e. The summed E-state index contributed by atoms with van der Waals surface area (Å²) in [5.41, 5.74) is 8.10. The molecule has 0 fully saturated rings. The van der Waals surface area contributed by atoms with Crippen molar-refractivity contribution < 1.29 is 9.47 Å². The number of nitrogens with two attached hydrogens (primary N) is 1. The van der Waals surface area contributed by atoms with Crippen LogP contribution >= 0.6 is 11.8 Å². The van der Waals surface area contributed by atoms with Crippen LogP contribution in [0.3, 0.4) is 0 Å². The first-order chi connectivity index (χ1) is 11.1. The summed E-state index contributed by atoms with van der Waals surface area (Å²) in [6.45, 7) is 5.64. The van der Waals surface area contributed by atoms with Crippen LogP contribution in [-0.2, 0) is 6.42 Å². The van der Waals surface area contributed by atoms with Crippen LogP contribution in [0, 0.1) is 16.7 Å². The van der Waals surface area contributed by atoms with Gasteiger partial charge in [0.25, 0.3) is 0 Å². The average Bonchev–Trinajstić information content (AvgIpc) is 2.53. The molecule has 0 aliphatic carbocycles. The van der Waals surface area contributed by atoms with Crippen LogP contribution in [0.4, 0.5) is 0 Å². The Morgan fingerprint density at radius 2 is 2.00 bits per heavy atom. The van der Waals surface area contributed by atoms with E-state index in [0.29, 0.717) is 41.9 Å². The van der Waals surface area contributed by atoms with Crippen molar-refractivity contribution in [3.05, 3.63) is 28.2 Å². The van der Waals surface area contributed by atoms with Crippen molar-refractivity contribution in [2.24, 2.45) is 5.73 Å². The van der Waals surface area contributed by atoms with Crippen LogP contribution in [0.5, 0.6) is 11.5 Å². The zero-order valence-electron chi connectivity index (χ0n) is 13.2. The van der Waals surface area contributed by atoms with Gasteiger partial charge in [0.1, 0.15) is 11.0 Å². The molecule has 0 bridgehead atoms. The number of fused-ring (bicyclic) bond motifs is 1. The Balaban J connectivity index is 2.56. The van der Waals surface area contributed by atoms with Crippen molar-refractivity contribution in [1.82, 2.24) is 5.32 Å². The number of hydrogen-bond acceptors (Lipinski definition) is 6. The molecule has 0 spiro atoms. The molecule has 0 atom stereocenters. The third-order valence-corrected chi connectivity index (χ3v) is 3.99. The first-order valence-electron chi connectivity index (χ1n) is 7.43. The Morgan fingerprint density at radius 1 is 1.35 bits per heavy atom. The topological polar surface area (TPSA) is 104 Å². The third-order valence-electron chi connectivity index (χ3n) is 3.28. The van der Waals surface area contributed by atoms with Gasteiger partial charge in [0.15, 0.2) is 16.7 Å². The minimum absolute atomic E-state index is 0.112. The van der Waals surface area contributed by atoms with Crippen LogP contribution in [0.2, 0.25) is 0 Å². The number of ether oxygens (including phenoxy) is 2. The second kappa shape index (κ2) is 7.79. The predicted molar refractivity (Wildman–Crippen MR) is 92.5 cm³/mol. The molecule has 1 aromatic rings. The van der Waals surface area contributed by atoms with E-state index in [1.54, 1.807) is 0 Å². The fourth-order valence-electron chi connectivity index (χ4n) is 2.44. The Hall–Kier alpha value is -2.33. The molecule has 7 heteroatoms. The second-order valence-corrected chi connectivity index (χ2v) is 5.83. The summed E-state index contributed by atoms with van der Waals surface area (Å²) < 4.78 is 11.3. The van der Waals surface area contributed by atoms with E-state index in [0.717, 1.165) is 29.3 Å². The molecule has 122 valence electrons. The minimum atomic E-state index is -0.112. The summed E-state index contributed by atoms with van der Waals surface area (Å²) in [6, 6.07) is 5.98. The van der Waals surface area contributed by atoms with Gasteiger partial charge >= 0.3 is 0 Å². The number of benzene rings is 1. The van der Waals surface area contributed by atoms with E-state index in [2.05, 4.69) is 11.4 Å². The Bertz CT molecular complexity index is 679. The summed E-state index contributed by atoms with van der Waals surface area (Å²) in [6.07, 6.45) is 0.828. The molecule has 0 saturated carbocycles. The number of thioether (sulfide) groups is 1. The highest BCUT2D eigenvalue weighted by Gasteiger charge is 2.22. The van der Waals surface area contributed by atoms with Gasteiger partial charge in [-0.1, -0.05) is 0 Å². The molecular weight excluding hydrogens is 312 g/mol. The highest BCUT2D eigenvalue weighted by Crippen LogP contribution is 2.37. The number of rotatable bonds is 5. The number of allylic oxidation sites excluding steroid dienone is 1. The molecule has 0 unspecified atom stereocenters. The van der Waals surface area contributed by atoms with Crippen LogP contribution in [0.15, 0.2) is 17.0 Å². The fourth-order valence-corrected chi connectivity index (χ4v) is 2.99. The molecule has 6 nitrogen and oxygen atoms in total. The van der Waals surface area contributed by atoms with E-state index >= 15 is 0 Å². The van der Waals surface area contributed by atoms with E-state index in [1.165, 1.54) is 0 Å². The quantitative estimate of drug-likeness (QED) is 0.435. The van der Waals surface area contributed by atoms with Gasteiger partial charge in [-0.3, -0.25) is 5.41 Å². The summed E-state index contributed by atoms with van der Waals surface area (Å²) >= 11 is 0.948. The van der Waals surface area contributed by atoms with Crippen molar-refractivity contribution in [2.75, 3.05) is 19.8 Å². The van der Waals surface area contributed by atoms with Crippen molar-refractivity contribution in [3.8, 4) is 17.6 Å². The highest BCUT2D eigenvalue weighted by molar-refractivity contribution is 8.17. The molecule has 1 aliphatic heterocycles. The smallest absolute Gasteiger partial charge is 0.161 e. The maximum Gasteiger partial charge on any atom is 0.161 e. The first-order valence-corrected chi connectivity index (χ1v) is 8.25.